The van der Waals surface area contributed by atoms with Crippen molar-refractivity contribution in [2.24, 2.45) is 0 Å². The number of benzene rings is 3. The fourth-order valence-electron chi connectivity index (χ4n) is 3.98. The molecule has 35 heavy (non-hydrogen) atoms. The van der Waals surface area contributed by atoms with Crippen LogP contribution in [0, 0.1) is 0 Å². The highest BCUT2D eigenvalue weighted by Gasteiger charge is 2.30. The molecule has 0 radical (unpaired) electrons. The Hall–Kier alpha value is -2.63. The molecule has 0 unspecified atom stereocenters. The number of carbonyl (C=O) groups is 2. The molecule has 0 aliphatic heterocycles. The van der Waals surface area contributed by atoms with E-state index in [-0.39, 0.29) is 18.2 Å². The van der Waals surface area contributed by atoms with Gasteiger partial charge in [0, 0.05) is 35.4 Å². The average Bonchev–Trinajstić information content (AvgIpc) is 2.86. The first-order chi connectivity index (χ1) is 17.0. The minimum Gasteiger partial charge on any atom is -0.354 e. The normalized spacial score (nSPS) is 11.6. The van der Waals surface area contributed by atoms with Crippen molar-refractivity contribution in [2.45, 2.75) is 51.6 Å². The number of amides is 2. The Kier molecular flexibility index (Phi) is 10.8. The van der Waals surface area contributed by atoms with Crippen molar-refractivity contribution in [3.05, 3.63) is 105 Å². The largest absolute Gasteiger partial charge is 0.354 e. The van der Waals surface area contributed by atoms with Gasteiger partial charge in [0.1, 0.15) is 6.04 Å². The zero-order valence-electron chi connectivity index (χ0n) is 20.1. The summed E-state index contributed by atoms with van der Waals surface area (Å²) in [5, 5.41) is 3.71. The lowest BCUT2D eigenvalue weighted by molar-refractivity contribution is -0.141. The lowest BCUT2D eigenvalue weighted by atomic mass is 10.0. The highest BCUT2D eigenvalue weighted by molar-refractivity contribution is 9.10. The van der Waals surface area contributed by atoms with Gasteiger partial charge >= 0.3 is 0 Å². The van der Waals surface area contributed by atoms with Gasteiger partial charge in [-0.1, -0.05) is 102 Å². The molecule has 0 fully saturated rings. The number of nitrogens with one attached hydrogen (secondary N) is 1. The minimum atomic E-state index is -0.619. The van der Waals surface area contributed by atoms with E-state index in [1.165, 1.54) is 0 Å². The predicted octanol–water partition coefficient (Wildman–Crippen LogP) is 6.59. The average molecular weight is 556 g/mol. The van der Waals surface area contributed by atoms with E-state index in [1.807, 2.05) is 78.9 Å². The quantitative estimate of drug-likeness (QED) is 0.256. The topological polar surface area (TPSA) is 49.4 Å². The number of aryl methyl sites for hydroxylation is 1. The number of hydrogen-bond donors (Lipinski definition) is 1. The van der Waals surface area contributed by atoms with Gasteiger partial charge in [-0.3, -0.25) is 9.59 Å². The van der Waals surface area contributed by atoms with Crippen molar-refractivity contribution < 1.29 is 9.59 Å². The van der Waals surface area contributed by atoms with Crippen molar-refractivity contribution in [3.8, 4) is 0 Å². The van der Waals surface area contributed by atoms with Gasteiger partial charge in [-0.15, -0.1) is 0 Å². The predicted molar refractivity (Wildman–Crippen MR) is 146 cm³/mol. The molecular weight excluding hydrogens is 524 g/mol. The number of rotatable bonds is 12. The maximum absolute atomic E-state index is 13.7. The van der Waals surface area contributed by atoms with Crippen LogP contribution in [0.1, 0.15) is 42.9 Å². The van der Waals surface area contributed by atoms with Crippen LogP contribution >= 0.6 is 27.5 Å². The Bertz CT molecular complexity index is 1110. The lowest BCUT2D eigenvalue weighted by Gasteiger charge is -2.32. The Morgan fingerprint density at radius 2 is 1.69 bits per heavy atom. The monoisotopic (exact) mass is 554 g/mol. The van der Waals surface area contributed by atoms with Crippen molar-refractivity contribution in [2.75, 3.05) is 6.54 Å². The molecule has 0 heterocycles. The van der Waals surface area contributed by atoms with Crippen LogP contribution < -0.4 is 5.32 Å². The van der Waals surface area contributed by atoms with Crippen LogP contribution in [-0.2, 0) is 29.0 Å². The Morgan fingerprint density at radius 3 is 2.40 bits per heavy atom. The lowest BCUT2D eigenvalue weighted by Crippen LogP contribution is -2.50. The molecule has 0 aromatic heterocycles. The van der Waals surface area contributed by atoms with E-state index in [0.717, 1.165) is 34.0 Å². The SMILES string of the molecule is CCCCNC(=O)[C@@H](Cc1ccccc1)N(Cc1cccc(Br)c1)C(=O)CCc1ccccc1Cl. The third-order valence-electron chi connectivity index (χ3n) is 5.91. The summed E-state index contributed by atoms with van der Waals surface area (Å²) in [6.07, 6.45) is 3.12. The standard InChI is InChI=1S/C29H32BrClN2O2/c1-2-3-18-32-29(35)27(20-22-10-5-4-6-11-22)33(21-23-12-9-14-25(30)19-23)28(34)17-16-24-13-7-8-15-26(24)31/h4-15,19,27H,2-3,16-18,20-21H2,1H3,(H,32,35)/t27-/m1/s1. The molecule has 1 atom stereocenters. The first-order valence-electron chi connectivity index (χ1n) is 12.1. The third-order valence-corrected chi connectivity index (χ3v) is 6.77. The second-order valence-electron chi connectivity index (χ2n) is 8.59. The van der Waals surface area contributed by atoms with Gasteiger partial charge in [-0.2, -0.15) is 0 Å². The van der Waals surface area contributed by atoms with Gasteiger partial charge in [-0.25, -0.2) is 0 Å². The molecule has 0 spiro atoms. The van der Waals surface area contributed by atoms with Crippen LogP contribution in [0.15, 0.2) is 83.3 Å². The fourth-order valence-corrected chi connectivity index (χ4v) is 4.66. The molecule has 1 N–H and O–H groups in total. The molecule has 2 amide bonds. The van der Waals surface area contributed by atoms with Gasteiger partial charge in [0.15, 0.2) is 0 Å². The molecule has 3 aromatic rings. The van der Waals surface area contributed by atoms with E-state index >= 15 is 0 Å². The summed E-state index contributed by atoms with van der Waals surface area (Å²) in [6, 6.07) is 24.7. The van der Waals surface area contributed by atoms with Crippen LogP contribution in [0.4, 0.5) is 0 Å². The molecule has 0 aliphatic carbocycles. The summed E-state index contributed by atoms with van der Waals surface area (Å²) in [5.74, 6) is -0.195. The second kappa shape index (κ2) is 14.1. The summed E-state index contributed by atoms with van der Waals surface area (Å²) in [6.45, 7) is 3.03. The molecule has 0 aliphatic rings. The van der Waals surface area contributed by atoms with Crippen molar-refractivity contribution in [1.82, 2.24) is 10.2 Å². The number of carbonyl (C=O) groups excluding carboxylic acids is 2. The third kappa shape index (κ3) is 8.52. The van der Waals surface area contributed by atoms with E-state index in [0.29, 0.717) is 31.0 Å². The zero-order valence-corrected chi connectivity index (χ0v) is 22.4. The van der Waals surface area contributed by atoms with Crippen molar-refractivity contribution in [3.63, 3.8) is 0 Å². The van der Waals surface area contributed by atoms with Crippen molar-refractivity contribution >= 4 is 39.3 Å². The Balaban J connectivity index is 1.89. The van der Waals surface area contributed by atoms with E-state index in [2.05, 4.69) is 28.2 Å². The van der Waals surface area contributed by atoms with Crippen LogP contribution in [0.2, 0.25) is 5.02 Å². The molecule has 4 nitrogen and oxygen atoms in total. The number of hydrogen-bond acceptors (Lipinski definition) is 2. The number of unbranched alkanes of at least 4 members (excludes halogenated alkanes) is 1. The van der Waals surface area contributed by atoms with Gasteiger partial charge in [-0.05, 0) is 47.7 Å². The maximum Gasteiger partial charge on any atom is 0.243 e. The number of nitrogens with zero attached hydrogens (tertiary/aromatic N) is 1. The Labute approximate surface area is 221 Å². The molecule has 3 rings (SSSR count). The summed E-state index contributed by atoms with van der Waals surface area (Å²) in [5.41, 5.74) is 2.91. The molecule has 3 aromatic carbocycles. The van der Waals surface area contributed by atoms with Crippen LogP contribution in [0.5, 0.6) is 0 Å². The summed E-state index contributed by atoms with van der Waals surface area (Å²) in [4.78, 5) is 28.8. The van der Waals surface area contributed by atoms with Gasteiger partial charge in [0.2, 0.25) is 11.8 Å². The van der Waals surface area contributed by atoms with Gasteiger partial charge in [0.25, 0.3) is 0 Å². The summed E-state index contributed by atoms with van der Waals surface area (Å²) in [7, 11) is 0. The van der Waals surface area contributed by atoms with E-state index in [1.54, 1.807) is 4.90 Å². The van der Waals surface area contributed by atoms with Crippen LogP contribution in [-0.4, -0.2) is 29.3 Å². The van der Waals surface area contributed by atoms with Crippen LogP contribution in [0.25, 0.3) is 0 Å². The first-order valence-corrected chi connectivity index (χ1v) is 13.2. The molecule has 0 saturated carbocycles. The molecule has 6 heteroatoms. The fraction of sp³-hybridized carbons (Fsp3) is 0.310. The first kappa shape index (κ1) is 27.0. The summed E-state index contributed by atoms with van der Waals surface area (Å²) < 4.78 is 0.936. The van der Waals surface area contributed by atoms with Gasteiger partial charge < -0.3 is 10.2 Å². The molecule has 184 valence electrons. The Morgan fingerprint density at radius 1 is 0.971 bits per heavy atom. The molecule has 0 bridgehead atoms. The smallest absolute Gasteiger partial charge is 0.243 e. The van der Waals surface area contributed by atoms with Gasteiger partial charge in [0.05, 0.1) is 0 Å². The second-order valence-corrected chi connectivity index (χ2v) is 9.92. The highest BCUT2D eigenvalue weighted by atomic mass is 79.9. The number of halogens is 2. The van der Waals surface area contributed by atoms with E-state index in [9.17, 15) is 9.59 Å². The summed E-state index contributed by atoms with van der Waals surface area (Å²) >= 11 is 9.85. The minimum absolute atomic E-state index is 0.0727. The zero-order chi connectivity index (χ0) is 25.0. The highest BCUT2D eigenvalue weighted by Crippen LogP contribution is 2.21. The van der Waals surface area contributed by atoms with Crippen molar-refractivity contribution in [1.29, 1.82) is 0 Å². The molecular formula is C29H32BrClN2O2. The molecule has 0 saturated heterocycles. The van der Waals surface area contributed by atoms with E-state index in [4.69, 9.17) is 11.6 Å². The van der Waals surface area contributed by atoms with E-state index < -0.39 is 6.04 Å². The maximum atomic E-state index is 13.7. The van der Waals surface area contributed by atoms with Crippen LogP contribution in [0.3, 0.4) is 0 Å².